The zero-order chi connectivity index (χ0) is 7.78. The number of allylic oxidation sites excluding steroid dienone is 1. The van der Waals surface area contributed by atoms with Crippen molar-refractivity contribution in [2.75, 3.05) is 0 Å². The summed E-state index contributed by atoms with van der Waals surface area (Å²) in [7, 11) is 0. The highest BCUT2D eigenvalue weighted by Gasteiger charge is 2.32. The van der Waals surface area contributed by atoms with Crippen LogP contribution in [0.1, 0.15) is 33.1 Å². The maximum atomic E-state index is 4.09. The van der Waals surface area contributed by atoms with Gasteiger partial charge in [0.2, 0.25) is 0 Å². The first-order valence-corrected chi connectivity index (χ1v) is 4.98. The summed E-state index contributed by atoms with van der Waals surface area (Å²) < 4.78 is 0.479. The molecule has 0 spiro atoms. The number of alkyl halides is 1. The average molecular weight is 250 g/mol. The standard InChI is InChI=1S/C9H15I/c1-7-5-4-6-9(3,10)8(7)2/h8H,1,4-6H2,2-3H3. The van der Waals surface area contributed by atoms with E-state index in [1.165, 1.54) is 24.8 Å². The smallest absolute Gasteiger partial charge is 0.0256 e. The van der Waals surface area contributed by atoms with Gasteiger partial charge in [-0.3, -0.25) is 0 Å². The quantitative estimate of drug-likeness (QED) is 0.350. The molecule has 1 aliphatic carbocycles. The van der Waals surface area contributed by atoms with Gasteiger partial charge in [-0.2, -0.15) is 0 Å². The highest BCUT2D eigenvalue weighted by Crippen LogP contribution is 2.42. The van der Waals surface area contributed by atoms with Gasteiger partial charge in [0, 0.05) is 3.42 Å². The molecule has 2 unspecified atom stereocenters. The van der Waals surface area contributed by atoms with Crippen LogP contribution in [0.25, 0.3) is 0 Å². The molecule has 2 atom stereocenters. The van der Waals surface area contributed by atoms with Crippen LogP contribution in [-0.2, 0) is 0 Å². The molecule has 0 aromatic rings. The second-order valence-electron chi connectivity index (χ2n) is 3.51. The van der Waals surface area contributed by atoms with E-state index in [1.54, 1.807) is 0 Å². The lowest BCUT2D eigenvalue weighted by Gasteiger charge is -2.36. The lowest BCUT2D eigenvalue weighted by Crippen LogP contribution is -2.30. The average Bonchev–Trinajstić information content (AvgIpc) is 1.83. The summed E-state index contributed by atoms with van der Waals surface area (Å²) in [6.07, 6.45) is 3.94. The minimum absolute atomic E-state index is 0.479. The van der Waals surface area contributed by atoms with Crippen molar-refractivity contribution in [2.24, 2.45) is 5.92 Å². The predicted octanol–water partition coefficient (Wildman–Crippen LogP) is 3.56. The zero-order valence-electron chi connectivity index (χ0n) is 6.78. The van der Waals surface area contributed by atoms with Crippen molar-refractivity contribution in [3.05, 3.63) is 12.2 Å². The summed E-state index contributed by atoms with van der Waals surface area (Å²) in [5.74, 6) is 0.710. The molecule has 0 amide bonds. The minimum atomic E-state index is 0.479. The van der Waals surface area contributed by atoms with Crippen molar-refractivity contribution in [3.8, 4) is 0 Å². The highest BCUT2D eigenvalue weighted by atomic mass is 127. The molecule has 0 N–H and O–H groups in total. The Balaban J connectivity index is 2.69. The van der Waals surface area contributed by atoms with Crippen LogP contribution < -0.4 is 0 Å². The molecule has 0 aromatic heterocycles. The second kappa shape index (κ2) is 2.84. The summed E-state index contributed by atoms with van der Waals surface area (Å²) in [4.78, 5) is 0. The van der Waals surface area contributed by atoms with Gasteiger partial charge in [0.25, 0.3) is 0 Å². The summed E-state index contributed by atoms with van der Waals surface area (Å²) >= 11 is 2.57. The van der Waals surface area contributed by atoms with Crippen molar-refractivity contribution in [2.45, 2.75) is 36.5 Å². The Morgan fingerprint density at radius 3 is 2.70 bits per heavy atom. The van der Waals surface area contributed by atoms with Gasteiger partial charge in [-0.05, 0) is 32.1 Å². The summed E-state index contributed by atoms with van der Waals surface area (Å²) in [5, 5.41) is 0. The number of halogens is 1. The van der Waals surface area contributed by atoms with Crippen LogP contribution in [0.2, 0.25) is 0 Å². The molecule has 1 saturated carbocycles. The van der Waals surface area contributed by atoms with Crippen molar-refractivity contribution in [3.63, 3.8) is 0 Å². The Hall–Kier alpha value is 0.470. The van der Waals surface area contributed by atoms with E-state index in [4.69, 9.17) is 0 Å². The Morgan fingerprint density at radius 2 is 2.30 bits per heavy atom. The van der Waals surface area contributed by atoms with Crippen LogP contribution in [0.4, 0.5) is 0 Å². The molecular formula is C9H15I. The molecule has 0 aliphatic heterocycles. The third kappa shape index (κ3) is 1.55. The molecule has 0 bridgehead atoms. The summed E-state index contributed by atoms with van der Waals surface area (Å²) in [6, 6.07) is 0. The summed E-state index contributed by atoms with van der Waals surface area (Å²) in [6.45, 7) is 8.72. The first kappa shape index (κ1) is 8.57. The Kier molecular flexibility index (Phi) is 2.43. The minimum Gasteiger partial charge on any atom is -0.0995 e. The van der Waals surface area contributed by atoms with E-state index < -0.39 is 0 Å². The highest BCUT2D eigenvalue weighted by molar-refractivity contribution is 14.1. The maximum Gasteiger partial charge on any atom is 0.0256 e. The van der Waals surface area contributed by atoms with E-state index in [-0.39, 0.29) is 0 Å². The zero-order valence-corrected chi connectivity index (χ0v) is 8.94. The lowest BCUT2D eigenvalue weighted by atomic mass is 9.78. The third-order valence-corrected chi connectivity index (χ3v) is 4.15. The van der Waals surface area contributed by atoms with Gasteiger partial charge in [0.1, 0.15) is 0 Å². The second-order valence-corrected chi connectivity index (χ2v) is 5.98. The van der Waals surface area contributed by atoms with Crippen molar-refractivity contribution < 1.29 is 0 Å². The van der Waals surface area contributed by atoms with Gasteiger partial charge in [0.05, 0.1) is 0 Å². The molecule has 0 radical (unpaired) electrons. The monoisotopic (exact) mass is 250 g/mol. The van der Waals surface area contributed by atoms with Crippen molar-refractivity contribution in [1.29, 1.82) is 0 Å². The van der Waals surface area contributed by atoms with Gasteiger partial charge in [-0.1, -0.05) is 41.7 Å². The molecule has 1 aliphatic rings. The number of hydrogen-bond donors (Lipinski definition) is 0. The van der Waals surface area contributed by atoms with Crippen LogP contribution in [0.3, 0.4) is 0 Å². The fraction of sp³-hybridized carbons (Fsp3) is 0.778. The molecule has 1 heteroatoms. The molecule has 0 aromatic carbocycles. The molecule has 1 fully saturated rings. The van der Waals surface area contributed by atoms with E-state index in [2.05, 4.69) is 43.0 Å². The molecule has 58 valence electrons. The van der Waals surface area contributed by atoms with Crippen LogP contribution in [0.15, 0.2) is 12.2 Å². The van der Waals surface area contributed by atoms with E-state index >= 15 is 0 Å². The van der Waals surface area contributed by atoms with Gasteiger partial charge in [-0.15, -0.1) is 0 Å². The normalized spacial score (nSPS) is 41.9. The van der Waals surface area contributed by atoms with Gasteiger partial charge < -0.3 is 0 Å². The van der Waals surface area contributed by atoms with Crippen LogP contribution in [0.5, 0.6) is 0 Å². The van der Waals surface area contributed by atoms with Gasteiger partial charge >= 0.3 is 0 Å². The van der Waals surface area contributed by atoms with E-state index in [0.717, 1.165) is 0 Å². The summed E-state index contributed by atoms with van der Waals surface area (Å²) in [5.41, 5.74) is 1.45. The molecular weight excluding hydrogens is 235 g/mol. The number of hydrogen-bond acceptors (Lipinski definition) is 0. The molecule has 0 nitrogen and oxygen atoms in total. The van der Waals surface area contributed by atoms with Crippen LogP contribution >= 0.6 is 22.6 Å². The Labute approximate surface area is 77.2 Å². The fourth-order valence-electron chi connectivity index (χ4n) is 1.52. The van der Waals surface area contributed by atoms with Gasteiger partial charge in [0.15, 0.2) is 0 Å². The van der Waals surface area contributed by atoms with Crippen LogP contribution in [-0.4, -0.2) is 3.42 Å². The molecule has 1 rings (SSSR count). The third-order valence-electron chi connectivity index (χ3n) is 2.68. The SMILES string of the molecule is C=C1CCCC(C)(I)C1C. The largest absolute Gasteiger partial charge is 0.0995 e. The van der Waals surface area contributed by atoms with Crippen LogP contribution in [0, 0.1) is 5.92 Å². The molecule has 10 heavy (non-hydrogen) atoms. The first-order valence-electron chi connectivity index (χ1n) is 3.90. The molecule has 0 heterocycles. The number of rotatable bonds is 0. The fourth-order valence-corrected chi connectivity index (χ4v) is 2.34. The lowest BCUT2D eigenvalue weighted by molar-refractivity contribution is 0.411. The Morgan fingerprint density at radius 1 is 1.70 bits per heavy atom. The Bertz CT molecular complexity index is 147. The van der Waals surface area contributed by atoms with E-state index in [0.29, 0.717) is 9.34 Å². The predicted molar refractivity (Wildman–Crippen MR) is 54.6 cm³/mol. The van der Waals surface area contributed by atoms with Gasteiger partial charge in [-0.25, -0.2) is 0 Å². The van der Waals surface area contributed by atoms with Crippen molar-refractivity contribution in [1.82, 2.24) is 0 Å². The topological polar surface area (TPSA) is 0 Å². The maximum absolute atomic E-state index is 4.09. The molecule has 0 saturated heterocycles. The van der Waals surface area contributed by atoms with Crippen molar-refractivity contribution >= 4 is 22.6 Å². The van der Waals surface area contributed by atoms with E-state index in [1.807, 2.05) is 0 Å². The van der Waals surface area contributed by atoms with E-state index in [9.17, 15) is 0 Å². The first-order chi connectivity index (χ1) is 4.54.